The van der Waals surface area contributed by atoms with E-state index in [4.69, 9.17) is 0 Å². The van der Waals surface area contributed by atoms with Crippen molar-refractivity contribution >= 4 is 43.7 Å². The SMILES string of the molecule is C[C](C)(C)[Ca]1([C](C)(C)C)[NH]C(=O)Nc2cccc[c]21. The molecule has 1 aromatic carbocycles. The van der Waals surface area contributed by atoms with Crippen LogP contribution in [-0.4, -0.2) is 36.3 Å². The normalized spacial score (nSPS) is 18.3. The molecule has 0 aromatic heterocycles. The molecule has 0 bridgehead atoms. The molecule has 0 aliphatic carbocycles. The molecule has 2 rings (SSSR count). The molecule has 2 N–H and O–H groups in total. The van der Waals surface area contributed by atoms with Crippen LogP contribution in [0.4, 0.5) is 10.5 Å². The van der Waals surface area contributed by atoms with Gasteiger partial charge in [-0.2, -0.15) is 0 Å². The molecule has 2 amide bonds. The van der Waals surface area contributed by atoms with Gasteiger partial charge in [0.15, 0.2) is 0 Å². The van der Waals surface area contributed by atoms with Gasteiger partial charge in [0.25, 0.3) is 0 Å². The number of anilines is 1. The Balaban J connectivity index is 2.79. The maximum absolute atomic E-state index is 12.2. The number of hydrogen-bond acceptors (Lipinski definition) is 1. The first kappa shape index (κ1) is 15.1. The van der Waals surface area contributed by atoms with Gasteiger partial charge in [0.1, 0.15) is 0 Å². The summed E-state index contributed by atoms with van der Waals surface area (Å²) < 4.78 is 5.06. The fourth-order valence-electron chi connectivity index (χ4n) is 4.87. The number of para-hydroxylation sites is 1. The van der Waals surface area contributed by atoms with Crippen LogP contribution < -0.4 is 8.78 Å². The number of benzene rings is 1. The number of carbonyl (C=O) groups excluding carboxylic acids is 1. The molecule has 2 radical (unpaired) electrons. The molecule has 0 saturated carbocycles. The van der Waals surface area contributed by atoms with Crippen molar-refractivity contribution in [2.45, 2.75) is 44.6 Å². The monoisotopic (exact) mass is 288 g/mol. The second kappa shape index (κ2) is 4.64. The van der Waals surface area contributed by atoms with E-state index in [2.05, 4.69) is 60.8 Å². The summed E-state index contributed by atoms with van der Waals surface area (Å²) in [5.41, 5.74) is 1.01. The number of hydrogen-bond donors (Lipinski definition) is 2. The van der Waals surface area contributed by atoms with Crippen molar-refractivity contribution in [1.29, 1.82) is 0 Å². The van der Waals surface area contributed by atoms with E-state index in [1.807, 2.05) is 12.1 Å². The van der Waals surface area contributed by atoms with Gasteiger partial charge in [-0.15, -0.1) is 0 Å². The van der Waals surface area contributed by atoms with Crippen molar-refractivity contribution in [1.82, 2.24) is 1.80 Å². The summed E-state index contributed by atoms with van der Waals surface area (Å²) >= 11 is -3.28. The van der Waals surface area contributed by atoms with Gasteiger partial charge in [-0.05, 0) is 0 Å². The topological polar surface area (TPSA) is 41.1 Å². The minimum atomic E-state index is -3.28. The van der Waals surface area contributed by atoms with Gasteiger partial charge in [-0.3, -0.25) is 0 Å². The van der Waals surface area contributed by atoms with E-state index in [0.29, 0.717) is 0 Å². The standard InChI is InChI=1S/C7H7N2O.2C4H9.Ca/c8-7(10)9-6-4-2-1-3-5-6;2*1-4(2)3;/h1-4H,(H3,8,9,10);2*1-3H3;/q;;;+1/p-1. The van der Waals surface area contributed by atoms with E-state index in [-0.39, 0.29) is 9.05 Å². The Morgan fingerprint density at radius 2 is 1.47 bits per heavy atom. The zero-order valence-electron chi connectivity index (χ0n) is 12.9. The first-order chi connectivity index (χ1) is 8.59. The molecule has 19 heavy (non-hydrogen) atoms. The van der Waals surface area contributed by atoms with Crippen molar-refractivity contribution in [2.24, 2.45) is 0 Å². The van der Waals surface area contributed by atoms with Crippen molar-refractivity contribution in [3.8, 4) is 0 Å². The molecule has 1 aliphatic rings. The third-order valence-electron chi connectivity index (χ3n) is 5.44. The summed E-state index contributed by atoms with van der Waals surface area (Å²) in [6.07, 6.45) is 0. The molecule has 0 spiro atoms. The predicted octanol–water partition coefficient (Wildman–Crippen LogP) is 3.57. The van der Waals surface area contributed by atoms with Crippen molar-refractivity contribution < 1.29 is 4.79 Å². The Morgan fingerprint density at radius 1 is 0.947 bits per heavy atom. The molecular weight excluding hydrogens is 264 g/mol. The van der Waals surface area contributed by atoms with E-state index >= 15 is 0 Å². The van der Waals surface area contributed by atoms with Gasteiger partial charge in [0, 0.05) is 0 Å². The van der Waals surface area contributed by atoms with Gasteiger partial charge >= 0.3 is 124 Å². The third kappa shape index (κ3) is 2.30. The summed E-state index contributed by atoms with van der Waals surface area (Å²) in [5, 5.41) is 2.96. The van der Waals surface area contributed by atoms with Crippen LogP contribution >= 0.6 is 0 Å². The molecule has 3 nitrogen and oxygen atoms in total. The van der Waals surface area contributed by atoms with Crippen LogP contribution in [0.2, 0.25) is 3.02 Å². The van der Waals surface area contributed by atoms with Crippen LogP contribution in [0.1, 0.15) is 41.5 Å². The van der Waals surface area contributed by atoms with Crippen LogP contribution in [0.5, 0.6) is 0 Å². The summed E-state index contributed by atoms with van der Waals surface area (Å²) in [6, 6.07) is 8.29. The molecule has 1 heterocycles. The predicted molar refractivity (Wildman–Crippen MR) is 83.4 cm³/mol. The van der Waals surface area contributed by atoms with E-state index < -0.39 is 30.3 Å². The number of rotatable bonds is 0. The number of carbonyl (C=O) groups is 1. The molecule has 1 aliphatic heterocycles. The molecule has 0 atom stereocenters. The number of fused-ring (bicyclic) bond motifs is 1. The van der Waals surface area contributed by atoms with Gasteiger partial charge < -0.3 is 0 Å². The Hall–Kier alpha value is -0.250. The Morgan fingerprint density at radius 3 is 2.00 bits per heavy atom. The minimum absolute atomic E-state index is 0.0245. The van der Waals surface area contributed by atoms with Crippen molar-refractivity contribution in [3.05, 3.63) is 24.3 Å². The van der Waals surface area contributed by atoms with E-state index in [1.165, 1.54) is 1.66 Å². The number of amides is 2. The van der Waals surface area contributed by atoms with Crippen LogP contribution in [0.3, 0.4) is 0 Å². The van der Waals surface area contributed by atoms with E-state index in [0.717, 1.165) is 5.69 Å². The second-order valence-electron chi connectivity index (χ2n) is 8.47. The molecule has 0 unspecified atom stereocenters. The average Bonchev–Trinajstić information content (AvgIpc) is 2.24. The Bertz CT molecular complexity index is 498. The fraction of sp³-hybridized carbons (Fsp3) is 0.533. The van der Waals surface area contributed by atoms with Crippen molar-refractivity contribution in [2.75, 3.05) is 5.32 Å². The maximum atomic E-state index is 12.2. The molecule has 0 fully saturated rings. The molecule has 1 aromatic rings. The zero-order valence-corrected chi connectivity index (χ0v) is 15.1. The third-order valence-corrected chi connectivity index (χ3v) is 19.5. The van der Waals surface area contributed by atoms with Crippen LogP contribution in [-0.2, 0) is 0 Å². The van der Waals surface area contributed by atoms with Gasteiger partial charge in [0.05, 0.1) is 0 Å². The van der Waals surface area contributed by atoms with Crippen molar-refractivity contribution in [3.63, 3.8) is 0 Å². The van der Waals surface area contributed by atoms with Crippen LogP contribution in [0, 0.1) is 0 Å². The fourth-order valence-corrected chi connectivity index (χ4v) is 18.2. The Labute approximate surface area is 123 Å². The van der Waals surface area contributed by atoms with Gasteiger partial charge in [-0.1, -0.05) is 0 Å². The first-order valence-corrected chi connectivity index (χ1v) is 11.6. The van der Waals surface area contributed by atoms with Gasteiger partial charge in [-0.25, -0.2) is 0 Å². The van der Waals surface area contributed by atoms with Gasteiger partial charge in [0.2, 0.25) is 0 Å². The average molecular weight is 288 g/mol. The Kier molecular flexibility index (Phi) is 3.70. The second-order valence-corrected chi connectivity index (χ2v) is 20.1. The van der Waals surface area contributed by atoms with E-state index in [9.17, 15) is 4.79 Å². The quantitative estimate of drug-likeness (QED) is 0.704. The summed E-state index contributed by atoms with van der Waals surface area (Å²) in [7, 11) is 0. The summed E-state index contributed by atoms with van der Waals surface area (Å²) in [4.78, 5) is 12.2. The number of nitrogens with one attached hydrogen (secondary N) is 2. The number of urea groups is 1. The molecule has 102 valence electrons. The van der Waals surface area contributed by atoms with Crippen LogP contribution in [0.15, 0.2) is 24.3 Å². The molecule has 0 saturated heterocycles. The van der Waals surface area contributed by atoms with E-state index in [1.54, 1.807) is 0 Å². The summed E-state index contributed by atoms with van der Waals surface area (Å²) in [6.45, 7) is 13.7. The molecule has 4 heteroatoms. The van der Waals surface area contributed by atoms with Crippen LogP contribution in [0.25, 0.3) is 0 Å². The first-order valence-electron chi connectivity index (χ1n) is 7.20. The molecular formula is C15H24CaN2O. The zero-order chi connectivity index (χ0) is 14.5. The summed E-state index contributed by atoms with van der Waals surface area (Å²) in [5.74, 6) is 0.